The van der Waals surface area contributed by atoms with Crippen LogP contribution in [0, 0.1) is 5.82 Å². The maximum absolute atomic E-state index is 13.2. The molecule has 0 aromatic heterocycles. The Morgan fingerprint density at radius 3 is 2.79 bits per heavy atom. The van der Waals surface area contributed by atoms with Gasteiger partial charge in [-0.1, -0.05) is 11.6 Å². The number of nitrogens with two attached hydrogens (primary N) is 1. The summed E-state index contributed by atoms with van der Waals surface area (Å²) >= 11 is 5.75. The number of halogens is 2. The maximum atomic E-state index is 13.2. The van der Waals surface area contributed by atoms with Gasteiger partial charge in [0.1, 0.15) is 11.6 Å². The topological polar surface area (TPSA) is 52.3 Å². The van der Waals surface area contributed by atoms with E-state index in [1.807, 2.05) is 0 Å². The molecule has 0 aliphatic heterocycles. The summed E-state index contributed by atoms with van der Waals surface area (Å²) in [4.78, 5) is 11.2. The molecule has 1 aromatic carbocycles. The second-order valence-electron chi connectivity index (χ2n) is 2.57. The lowest BCUT2D eigenvalue weighted by molar-refractivity contribution is 0.0997. The highest BCUT2D eigenvalue weighted by Crippen LogP contribution is 2.29. The maximum Gasteiger partial charge on any atom is 0.180 e. The average Bonchev–Trinajstić information content (AvgIpc) is 2.18. The molecule has 0 aliphatic carbocycles. The van der Waals surface area contributed by atoms with E-state index < -0.39 is 11.6 Å². The number of hydrogen-bond acceptors (Lipinski definition) is 3. The van der Waals surface area contributed by atoms with Crippen LogP contribution in [0.1, 0.15) is 10.4 Å². The summed E-state index contributed by atoms with van der Waals surface area (Å²) < 4.78 is 18.0. The van der Waals surface area contributed by atoms with Crippen LogP contribution in [0.2, 0.25) is 5.02 Å². The average molecular weight is 218 g/mol. The third-order valence-electron chi connectivity index (χ3n) is 1.74. The highest BCUT2D eigenvalue weighted by Gasteiger charge is 2.17. The van der Waals surface area contributed by atoms with E-state index in [0.29, 0.717) is 0 Å². The quantitative estimate of drug-likeness (QED) is 0.783. The van der Waals surface area contributed by atoms with Gasteiger partial charge in [-0.3, -0.25) is 4.79 Å². The lowest BCUT2D eigenvalue weighted by Crippen LogP contribution is -2.16. The monoisotopic (exact) mass is 217 g/mol. The molecule has 0 bridgehead atoms. The first-order valence-corrected chi connectivity index (χ1v) is 4.24. The van der Waals surface area contributed by atoms with Gasteiger partial charge in [-0.05, 0) is 12.1 Å². The van der Waals surface area contributed by atoms with Crippen molar-refractivity contribution in [3.05, 3.63) is 28.5 Å². The van der Waals surface area contributed by atoms with E-state index in [0.717, 1.165) is 6.07 Å². The number of hydrogen-bond donors (Lipinski definition) is 1. The third-order valence-corrected chi connectivity index (χ3v) is 2.12. The van der Waals surface area contributed by atoms with Crippen molar-refractivity contribution in [2.75, 3.05) is 13.7 Å². The third kappa shape index (κ3) is 1.86. The SMILES string of the molecule is COc1ccc(F)c(C(=O)CN)c1Cl. The molecule has 1 rings (SSSR count). The fraction of sp³-hybridized carbons (Fsp3) is 0.222. The van der Waals surface area contributed by atoms with E-state index in [1.165, 1.54) is 13.2 Å². The van der Waals surface area contributed by atoms with Crippen molar-refractivity contribution in [3.8, 4) is 5.75 Å². The number of Topliss-reactive ketones (excluding diaryl/α,β-unsaturated/α-hetero) is 1. The minimum Gasteiger partial charge on any atom is -0.495 e. The van der Waals surface area contributed by atoms with Gasteiger partial charge in [0.2, 0.25) is 0 Å². The molecule has 0 unspecified atom stereocenters. The Labute approximate surface area is 85.6 Å². The zero-order chi connectivity index (χ0) is 10.7. The van der Waals surface area contributed by atoms with Gasteiger partial charge in [0, 0.05) is 0 Å². The van der Waals surface area contributed by atoms with Crippen LogP contribution < -0.4 is 10.5 Å². The lowest BCUT2D eigenvalue weighted by atomic mass is 10.1. The Morgan fingerprint density at radius 1 is 1.64 bits per heavy atom. The Balaban J connectivity index is 3.32. The molecule has 0 amide bonds. The van der Waals surface area contributed by atoms with Gasteiger partial charge < -0.3 is 10.5 Å². The minimum atomic E-state index is -0.689. The molecule has 5 heteroatoms. The number of methoxy groups -OCH3 is 1. The van der Waals surface area contributed by atoms with Crippen molar-refractivity contribution >= 4 is 17.4 Å². The molecule has 2 N–H and O–H groups in total. The lowest BCUT2D eigenvalue weighted by Gasteiger charge is -2.07. The Bertz CT molecular complexity index is 368. The van der Waals surface area contributed by atoms with E-state index in [9.17, 15) is 9.18 Å². The molecule has 14 heavy (non-hydrogen) atoms. The summed E-state index contributed by atoms with van der Waals surface area (Å²) in [7, 11) is 1.38. The largest absolute Gasteiger partial charge is 0.495 e. The number of carbonyl (C=O) groups excluding carboxylic acids is 1. The smallest absolute Gasteiger partial charge is 0.180 e. The first kappa shape index (κ1) is 10.9. The van der Waals surface area contributed by atoms with Gasteiger partial charge >= 0.3 is 0 Å². The van der Waals surface area contributed by atoms with E-state index >= 15 is 0 Å². The zero-order valence-electron chi connectivity index (χ0n) is 7.51. The molecule has 0 aliphatic rings. The van der Waals surface area contributed by atoms with Gasteiger partial charge in [0.15, 0.2) is 5.78 Å². The predicted octanol–water partition coefficient (Wildman–Crippen LogP) is 1.63. The fourth-order valence-electron chi connectivity index (χ4n) is 1.05. The predicted molar refractivity (Wildman–Crippen MR) is 51.3 cm³/mol. The molecule has 0 saturated heterocycles. The molecular formula is C9H9ClFNO2. The van der Waals surface area contributed by atoms with Crippen molar-refractivity contribution in [3.63, 3.8) is 0 Å². The van der Waals surface area contributed by atoms with E-state index in [2.05, 4.69) is 0 Å². The van der Waals surface area contributed by atoms with Crippen LogP contribution in [0.15, 0.2) is 12.1 Å². The molecule has 0 fully saturated rings. The van der Waals surface area contributed by atoms with E-state index in [1.54, 1.807) is 0 Å². The Hall–Kier alpha value is -1.13. The number of rotatable bonds is 3. The van der Waals surface area contributed by atoms with E-state index in [-0.39, 0.29) is 22.9 Å². The van der Waals surface area contributed by atoms with Crippen LogP contribution in [-0.4, -0.2) is 19.4 Å². The zero-order valence-corrected chi connectivity index (χ0v) is 8.27. The van der Waals surface area contributed by atoms with Crippen molar-refractivity contribution in [1.82, 2.24) is 0 Å². The van der Waals surface area contributed by atoms with Gasteiger partial charge in [-0.25, -0.2) is 4.39 Å². The summed E-state index contributed by atoms with van der Waals surface area (Å²) in [5.41, 5.74) is 4.90. The number of ether oxygens (including phenoxy) is 1. The van der Waals surface area contributed by atoms with Crippen LogP contribution in [0.4, 0.5) is 4.39 Å². The number of benzene rings is 1. The highest BCUT2D eigenvalue weighted by molar-refractivity contribution is 6.35. The minimum absolute atomic E-state index is 0.0389. The van der Waals surface area contributed by atoms with Crippen molar-refractivity contribution < 1.29 is 13.9 Å². The molecule has 0 atom stereocenters. The second kappa shape index (κ2) is 4.39. The summed E-state index contributed by atoms with van der Waals surface area (Å²) in [6.45, 7) is -0.288. The summed E-state index contributed by atoms with van der Waals surface area (Å²) in [6, 6.07) is 2.47. The highest BCUT2D eigenvalue weighted by atomic mass is 35.5. The molecule has 0 radical (unpaired) electrons. The van der Waals surface area contributed by atoms with Gasteiger partial charge in [-0.15, -0.1) is 0 Å². The van der Waals surface area contributed by atoms with Crippen LogP contribution in [0.3, 0.4) is 0 Å². The molecular weight excluding hydrogens is 209 g/mol. The molecule has 1 aromatic rings. The molecule has 76 valence electrons. The number of carbonyl (C=O) groups is 1. The van der Waals surface area contributed by atoms with Crippen LogP contribution >= 0.6 is 11.6 Å². The van der Waals surface area contributed by atoms with Gasteiger partial charge in [-0.2, -0.15) is 0 Å². The molecule has 0 spiro atoms. The second-order valence-corrected chi connectivity index (χ2v) is 2.94. The standard InChI is InChI=1S/C9H9ClFNO2/c1-14-7-3-2-5(11)8(9(7)10)6(13)4-12/h2-3H,4,12H2,1H3. The van der Waals surface area contributed by atoms with Crippen molar-refractivity contribution in [1.29, 1.82) is 0 Å². The Morgan fingerprint density at radius 2 is 2.29 bits per heavy atom. The van der Waals surface area contributed by atoms with Crippen molar-refractivity contribution in [2.24, 2.45) is 5.73 Å². The molecule has 0 heterocycles. The first-order valence-electron chi connectivity index (χ1n) is 3.87. The normalized spacial score (nSPS) is 10.0. The van der Waals surface area contributed by atoms with Gasteiger partial charge in [0.25, 0.3) is 0 Å². The molecule has 0 saturated carbocycles. The number of ketones is 1. The molecule has 3 nitrogen and oxygen atoms in total. The summed E-state index contributed by atoms with van der Waals surface area (Å²) in [5.74, 6) is -0.984. The summed E-state index contributed by atoms with van der Waals surface area (Å²) in [6.07, 6.45) is 0. The van der Waals surface area contributed by atoms with Crippen LogP contribution in [0.5, 0.6) is 5.75 Å². The van der Waals surface area contributed by atoms with E-state index in [4.69, 9.17) is 22.1 Å². The fourth-order valence-corrected chi connectivity index (χ4v) is 1.38. The van der Waals surface area contributed by atoms with Crippen molar-refractivity contribution in [2.45, 2.75) is 0 Å². The Kier molecular flexibility index (Phi) is 3.43. The first-order chi connectivity index (χ1) is 6.61. The van der Waals surface area contributed by atoms with Gasteiger partial charge in [0.05, 0.1) is 24.2 Å². The van der Waals surface area contributed by atoms with Crippen LogP contribution in [-0.2, 0) is 0 Å². The summed E-state index contributed by atoms with van der Waals surface area (Å²) in [5, 5.41) is -0.0389. The van der Waals surface area contributed by atoms with Crippen LogP contribution in [0.25, 0.3) is 0 Å².